The van der Waals surface area contributed by atoms with Crippen LogP contribution in [0.15, 0.2) is 54.9 Å². The van der Waals surface area contributed by atoms with Crippen molar-refractivity contribution in [3.8, 4) is 6.07 Å². The zero-order valence-electron chi connectivity index (χ0n) is 11.0. The van der Waals surface area contributed by atoms with Crippen LogP contribution in [0.1, 0.15) is 11.1 Å². The van der Waals surface area contributed by atoms with E-state index in [2.05, 4.69) is 16.4 Å². The minimum Gasteiger partial charge on any atom is -0.351 e. The Bertz CT molecular complexity index is 590. The fraction of sp³-hybridized carbons (Fsp3) is 0.188. The van der Waals surface area contributed by atoms with Crippen LogP contribution in [0, 0.1) is 17.2 Å². The lowest BCUT2D eigenvalue weighted by atomic mass is 10.0. The second-order valence-electron chi connectivity index (χ2n) is 4.44. The molecule has 1 aromatic carbocycles. The van der Waals surface area contributed by atoms with Gasteiger partial charge in [-0.15, -0.1) is 0 Å². The van der Waals surface area contributed by atoms with Gasteiger partial charge < -0.3 is 5.32 Å². The predicted octanol–water partition coefficient (Wildman–Crippen LogP) is 2.08. The van der Waals surface area contributed by atoms with Crippen molar-refractivity contribution in [1.29, 1.82) is 5.26 Å². The molecule has 1 N–H and O–H groups in total. The Morgan fingerprint density at radius 1 is 1.15 bits per heavy atom. The van der Waals surface area contributed by atoms with Crippen molar-refractivity contribution in [2.24, 2.45) is 5.92 Å². The standard InChI is InChI=1S/C16H15N3O/c17-11-15(10-13-6-8-18-9-7-13)16(20)19-12-14-4-2-1-3-5-14/h1-9,15H,10,12H2,(H,19,20). The van der Waals surface area contributed by atoms with E-state index in [0.717, 1.165) is 11.1 Å². The number of carbonyl (C=O) groups excluding carboxylic acids is 1. The van der Waals surface area contributed by atoms with Gasteiger partial charge in [0.2, 0.25) is 5.91 Å². The van der Waals surface area contributed by atoms with Gasteiger partial charge in [0.15, 0.2) is 0 Å². The Labute approximate surface area is 118 Å². The van der Waals surface area contributed by atoms with Crippen LogP contribution >= 0.6 is 0 Å². The third-order valence-corrected chi connectivity index (χ3v) is 2.97. The van der Waals surface area contributed by atoms with E-state index in [9.17, 15) is 4.79 Å². The highest BCUT2D eigenvalue weighted by molar-refractivity contribution is 5.81. The summed E-state index contributed by atoms with van der Waals surface area (Å²) in [5.41, 5.74) is 1.95. The molecule has 20 heavy (non-hydrogen) atoms. The zero-order valence-corrected chi connectivity index (χ0v) is 11.0. The molecule has 0 radical (unpaired) electrons. The molecular formula is C16H15N3O. The van der Waals surface area contributed by atoms with Crippen LogP contribution < -0.4 is 5.32 Å². The Balaban J connectivity index is 1.91. The smallest absolute Gasteiger partial charge is 0.237 e. The Morgan fingerprint density at radius 2 is 1.85 bits per heavy atom. The Morgan fingerprint density at radius 3 is 2.50 bits per heavy atom. The van der Waals surface area contributed by atoms with Gasteiger partial charge in [0, 0.05) is 18.9 Å². The number of carbonyl (C=O) groups is 1. The van der Waals surface area contributed by atoms with Crippen molar-refractivity contribution in [1.82, 2.24) is 10.3 Å². The highest BCUT2D eigenvalue weighted by Gasteiger charge is 2.17. The van der Waals surface area contributed by atoms with E-state index in [1.807, 2.05) is 42.5 Å². The summed E-state index contributed by atoms with van der Waals surface area (Å²) in [5.74, 6) is -0.922. The SMILES string of the molecule is N#CC(Cc1ccncc1)C(=O)NCc1ccccc1. The van der Waals surface area contributed by atoms with Crippen LogP contribution in [0.5, 0.6) is 0 Å². The third kappa shape index (κ3) is 3.92. The molecule has 4 nitrogen and oxygen atoms in total. The maximum atomic E-state index is 12.0. The Kier molecular flexibility index (Phi) is 4.85. The minimum atomic E-state index is -0.680. The summed E-state index contributed by atoms with van der Waals surface area (Å²) in [6.45, 7) is 0.439. The van der Waals surface area contributed by atoms with Crippen molar-refractivity contribution in [2.45, 2.75) is 13.0 Å². The number of nitrogens with one attached hydrogen (secondary N) is 1. The number of amides is 1. The van der Waals surface area contributed by atoms with Gasteiger partial charge >= 0.3 is 0 Å². The normalized spacial score (nSPS) is 11.3. The van der Waals surface area contributed by atoms with Crippen LogP contribution in [0.3, 0.4) is 0 Å². The average molecular weight is 265 g/mol. The summed E-state index contributed by atoms with van der Waals surface area (Å²) in [7, 11) is 0. The van der Waals surface area contributed by atoms with E-state index in [1.165, 1.54) is 0 Å². The maximum absolute atomic E-state index is 12.0. The molecule has 1 heterocycles. The first-order valence-corrected chi connectivity index (χ1v) is 6.40. The number of hydrogen-bond donors (Lipinski definition) is 1. The number of aromatic nitrogens is 1. The predicted molar refractivity (Wildman–Crippen MR) is 75.3 cm³/mol. The molecule has 0 aliphatic heterocycles. The van der Waals surface area contributed by atoms with Crippen LogP contribution in [-0.4, -0.2) is 10.9 Å². The van der Waals surface area contributed by atoms with Crippen molar-refractivity contribution in [3.05, 3.63) is 66.0 Å². The summed E-state index contributed by atoms with van der Waals surface area (Å²) >= 11 is 0. The average Bonchev–Trinajstić information content (AvgIpc) is 2.52. The molecule has 0 bridgehead atoms. The van der Waals surface area contributed by atoms with E-state index in [-0.39, 0.29) is 5.91 Å². The second-order valence-corrected chi connectivity index (χ2v) is 4.44. The second kappa shape index (κ2) is 7.05. The minimum absolute atomic E-state index is 0.242. The van der Waals surface area contributed by atoms with E-state index in [1.54, 1.807) is 12.4 Å². The number of pyridine rings is 1. The summed E-state index contributed by atoms with van der Waals surface area (Å²) in [4.78, 5) is 15.9. The van der Waals surface area contributed by atoms with Crippen molar-refractivity contribution < 1.29 is 4.79 Å². The number of benzene rings is 1. The van der Waals surface area contributed by atoms with E-state index < -0.39 is 5.92 Å². The van der Waals surface area contributed by atoms with Crippen LogP contribution in [0.2, 0.25) is 0 Å². The van der Waals surface area contributed by atoms with Gasteiger partial charge in [-0.05, 0) is 29.7 Å². The lowest BCUT2D eigenvalue weighted by Gasteiger charge is -2.10. The van der Waals surface area contributed by atoms with Crippen molar-refractivity contribution in [3.63, 3.8) is 0 Å². The fourth-order valence-corrected chi connectivity index (χ4v) is 1.86. The number of nitriles is 1. The molecule has 1 amide bonds. The molecule has 1 atom stereocenters. The van der Waals surface area contributed by atoms with Crippen LogP contribution in [0.25, 0.3) is 0 Å². The van der Waals surface area contributed by atoms with Gasteiger partial charge in [-0.3, -0.25) is 9.78 Å². The van der Waals surface area contributed by atoms with Crippen LogP contribution in [-0.2, 0) is 17.8 Å². The molecule has 1 aromatic heterocycles. The fourth-order valence-electron chi connectivity index (χ4n) is 1.86. The zero-order chi connectivity index (χ0) is 14.2. The lowest BCUT2D eigenvalue weighted by Crippen LogP contribution is -2.30. The van der Waals surface area contributed by atoms with Gasteiger partial charge in [-0.2, -0.15) is 5.26 Å². The number of rotatable bonds is 5. The van der Waals surface area contributed by atoms with Crippen molar-refractivity contribution >= 4 is 5.91 Å². The maximum Gasteiger partial charge on any atom is 0.237 e. The van der Waals surface area contributed by atoms with E-state index in [0.29, 0.717) is 13.0 Å². The van der Waals surface area contributed by atoms with Crippen molar-refractivity contribution in [2.75, 3.05) is 0 Å². The topological polar surface area (TPSA) is 65.8 Å². The van der Waals surface area contributed by atoms with Gasteiger partial charge in [0.25, 0.3) is 0 Å². The van der Waals surface area contributed by atoms with Gasteiger partial charge in [-0.25, -0.2) is 0 Å². The number of hydrogen-bond acceptors (Lipinski definition) is 3. The van der Waals surface area contributed by atoms with Gasteiger partial charge in [0.05, 0.1) is 6.07 Å². The molecule has 4 heteroatoms. The molecule has 0 aliphatic carbocycles. The lowest BCUT2D eigenvalue weighted by molar-refractivity contribution is -0.123. The van der Waals surface area contributed by atoms with E-state index >= 15 is 0 Å². The van der Waals surface area contributed by atoms with Gasteiger partial charge in [-0.1, -0.05) is 30.3 Å². The quantitative estimate of drug-likeness (QED) is 0.900. The first-order chi connectivity index (χ1) is 9.79. The molecule has 0 aliphatic rings. The molecule has 2 aromatic rings. The molecule has 0 spiro atoms. The monoisotopic (exact) mass is 265 g/mol. The molecule has 0 saturated carbocycles. The molecule has 100 valence electrons. The van der Waals surface area contributed by atoms with Crippen LogP contribution in [0.4, 0.5) is 0 Å². The molecule has 0 fully saturated rings. The summed E-state index contributed by atoms with van der Waals surface area (Å²) in [5, 5.41) is 11.9. The molecule has 0 saturated heterocycles. The first kappa shape index (κ1) is 13.8. The largest absolute Gasteiger partial charge is 0.351 e. The molecule has 2 rings (SSSR count). The van der Waals surface area contributed by atoms with E-state index in [4.69, 9.17) is 5.26 Å². The Hall–Kier alpha value is -2.67. The summed E-state index contributed by atoms with van der Waals surface area (Å²) in [6, 6.07) is 15.3. The number of nitrogens with zero attached hydrogens (tertiary/aromatic N) is 2. The molecule has 1 unspecified atom stereocenters. The van der Waals surface area contributed by atoms with Gasteiger partial charge in [0.1, 0.15) is 5.92 Å². The summed E-state index contributed by atoms with van der Waals surface area (Å²) < 4.78 is 0. The highest BCUT2D eigenvalue weighted by atomic mass is 16.1. The highest BCUT2D eigenvalue weighted by Crippen LogP contribution is 2.08. The molecular weight excluding hydrogens is 250 g/mol. The first-order valence-electron chi connectivity index (χ1n) is 6.40. The summed E-state index contributed by atoms with van der Waals surface area (Å²) in [6.07, 6.45) is 3.72. The third-order valence-electron chi connectivity index (χ3n) is 2.97.